The van der Waals surface area contributed by atoms with Crippen LogP contribution in [0.1, 0.15) is 23.2 Å². The van der Waals surface area contributed by atoms with E-state index in [1.54, 1.807) is 0 Å². The van der Waals surface area contributed by atoms with Crippen molar-refractivity contribution in [3.05, 3.63) is 50.5 Å². The Hall–Kier alpha value is -1.36. The summed E-state index contributed by atoms with van der Waals surface area (Å²) in [4.78, 5) is 3.98. The Balaban J connectivity index is 2.62. The summed E-state index contributed by atoms with van der Waals surface area (Å²) in [6, 6.07) is 2.77. The van der Waals surface area contributed by atoms with Gasteiger partial charge >= 0.3 is 10.2 Å². The number of hydrogen-bond acceptors (Lipinski definition) is 6. The van der Waals surface area contributed by atoms with Crippen molar-refractivity contribution in [1.82, 2.24) is 13.3 Å². The summed E-state index contributed by atoms with van der Waals surface area (Å²) in [5.74, 6) is -0.216. The fourth-order valence-electron chi connectivity index (χ4n) is 1.99. The first-order chi connectivity index (χ1) is 11.6. The average molecular weight is 428 g/mol. The smallest absolute Gasteiger partial charge is 0.308 e. The quantitative estimate of drug-likeness (QED) is 0.433. The zero-order valence-corrected chi connectivity index (χ0v) is 16.0. The lowest BCUT2D eigenvalue weighted by Gasteiger charge is -2.13. The maximum atomic E-state index is 12.3. The number of nitrogens with zero attached hydrogens (tertiary/aromatic N) is 4. The molecule has 0 radical (unpaired) electrons. The van der Waals surface area contributed by atoms with E-state index in [0.717, 1.165) is 20.7 Å². The Morgan fingerprint density at radius 3 is 2.32 bits per heavy atom. The van der Waals surface area contributed by atoms with Gasteiger partial charge in [0.05, 0.1) is 5.69 Å². The zero-order valence-electron chi connectivity index (χ0n) is 12.9. The number of rotatable bonds is 5. The Labute approximate surface area is 159 Å². The topological polar surface area (TPSA) is 108 Å². The number of aliphatic hydroxyl groups excluding tert-OH is 1. The van der Waals surface area contributed by atoms with Crippen LogP contribution in [0.4, 0.5) is 0 Å². The molecule has 1 aromatic heterocycles. The highest BCUT2D eigenvalue weighted by Crippen LogP contribution is 2.36. The van der Waals surface area contributed by atoms with Gasteiger partial charge in [-0.05, 0) is 12.1 Å². The van der Waals surface area contributed by atoms with Gasteiger partial charge in [-0.3, -0.25) is 0 Å². The molecule has 0 saturated heterocycles. The summed E-state index contributed by atoms with van der Waals surface area (Å²) < 4.78 is 26.4. The standard InChI is InChI=1S/C13H13Cl3N4O4S/c1-19(2)25(23,24)20-6-10(18-11(20)5-17-22)13(21)12-8(15)3-7(14)4-9(12)16/h3-6,13,21-22H,1-2H3/b17-5-. The van der Waals surface area contributed by atoms with Crippen LogP contribution in [0.15, 0.2) is 23.5 Å². The largest absolute Gasteiger partial charge is 0.411 e. The van der Waals surface area contributed by atoms with Crippen molar-refractivity contribution in [3.63, 3.8) is 0 Å². The van der Waals surface area contributed by atoms with E-state index in [1.165, 1.54) is 26.2 Å². The van der Waals surface area contributed by atoms with Crippen molar-refractivity contribution in [2.24, 2.45) is 5.16 Å². The number of aromatic nitrogens is 2. The van der Waals surface area contributed by atoms with Crippen molar-refractivity contribution in [2.45, 2.75) is 6.10 Å². The highest BCUT2D eigenvalue weighted by molar-refractivity contribution is 7.87. The van der Waals surface area contributed by atoms with Gasteiger partial charge in [0.1, 0.15) is 12.3 Å². The molecule has 0 aliphatic carbocycles. The number of halogens is 3. The second-order valence-corrected chi connectivity index (χ2v) is 8.31. The first-order valence-electron chi connectivity index (χ1n) is 6.61. The molecule has 25 heavy (non-hydrogen) atoms. The predicted molar refractivity (Wildman–Crippen MR) is 95.1 cm³/mol. The molecule has 136 valence electrons. The summed E-state index contributed by atoms with van der Waals surface area (Å²) in [5.41, 5.74) is 0.0542. The highest BCUT2D eigenvalue weighted by Gasteiger charge is 2.26. The SMILES string of the molecule is CN(C)S(=O)(=O)n1cc(C(O)c2c(Cl)cc(Cl)cc2Cl)nc1/C=N\O. The fraction of sp³-hybridized carbons (Fsp3) is 0.231. The third-order valence-electron chi connectivity index (χ3n) is 3.20. The van der Waals surface area contributed by atoms with Crippen LogP contribution >= 0.6 is 34.8 Å². The molecule has 0 spiro atoms. The van der Waals surface area contributed by atoms with Crippen LogP contribution in [0.25, 0.3) is 0 Å². The fourth-order valence-corrected chi connectivity index (χ4v) is 3.93. The van der Waals surface area contributed by atoms with E-state index in [0.29, 0.717) is 0 Å². The molecule has 1 heterocycles. The molecule has 2 rings (SSSR count). The Morgan fingerprint density at radius 1 is 1.28 bits per heavy atom. The molecule has 2 aromatic rings. The summed E-state index contributed by atoms with van der Waals surface area (Å²) >= 11 is 18.0. The van der Waals surface area contributed by atoms with Gasteiger partial charge in [-0.1, -0.05) is 40.0 Å². The summed E-state index contributed by atoms with van der Waals surface area (Å²) in [5, 5.41) is 22.5. The second kappa shape index (κ2) is 7.48. The monoisotopic (exact) mass is 426 g/mol. The van der Waals surface area contributed by atoms with Gasteiger partial charge in [0, 0.05) is 40.9 Å². The molecular weight excluding hydrogens is 415 g/mol. The molecule has 1 unspecified atom stereocenters. The Kier molecular flexibility index (Phi) is 5.97. The normalized spacial score (nSPS) is 13.7. The molecule has 0 amide bonds. The van der Waals surface area contributed by atoms with Gasteiger partial charge in [0.15, 0.2) is 5.82 Å². The maximum Gasteiger partial charge on any atom is 0.308 e. The number of imidazole rings is 1. The third kappa shape index (κ3) is 3.91. The van der Waals surface area contributed by atoms with Crippen molar-refractivity contribution in [2.75, 3.05) is 14.1 Å². The van der Waals surface area contributed by atoms with E-state index in [-0.39, 0.29) is 32.1 Å². The Morgan fingerprint density at radius 2 is 1.84 bits per heavy atom. The maximum absolute atomic E-state index is 12.3. The molecule has 0 bridgehead atoms. The van der Waals surface area contributed by atoms with E-state index >= 15 is 0 Å². The molecule has 8 nitrogen and oxygen atoms in total. The first kappa shape index (κ1) is 20.0. The van der Waals surface area contributed by atoms with Crippen molar-refractivity contribution in [1.29, 1.82) is 0 Å². The van der Waals surface area contributed by atoms with E-state index in [9.17, 15) is 13.5 Å². The van der Waals surface area contributed by atoms with Crippen LogP contribution < -0.4 is 0 Å². The zero-order chi connectivity index (χ0) is 18.9. The average Bonchev–Trinajstić information content (AvgIpc) is 2.91. The van der Waals surface area contributed by atoms with Crippen LogP contribution in [0.3, 0.4) is 0 Å². The minimum Gasteiger partial charge on any atom is -0.411 e. The van der Waals surface area contributed by atoms with E-state index in [2.05, 4.69) is 10.1 Å². The summed E-state index contributed by atoms with van der Waals surface area (Å²) in [6.45, 7) is 0. The van der Waals surface area contributed by atoms with Crippen molar-refractivity contribution < 1.29 is 18.7 Å². The molecule has 0 saturated carbocycles. The molecular formula is C13H13Cl3N4O4S. The van der Waals surface area contributed by atoms with Gasteiger partial charge in [0.2, 0.25) is 0 Å². The van der Waals surface area contributed by atoms with Crippen LogP contribution in [-0.2, 0) is 10.2 Å². The van der Waals surface area contributed by atoms with Gasteiger partial charge in [-0.2, -0.15) is 12.7 Å². The van der Waals surface area contributed by atoms with Crippen LogP contribution in [-0.4, -0.2) is 52.3 Å². The van der Waals surface area contributed by atoms with Gasteiger partial charge in [0.25, 0.3) is 0 Å². The van der Waals surface area contributed by atoms with E-state index in [1.807, 2.05) is 0 Å². The molecule has 0 aliphatic heterocycles. The lowest BCUT2D eigenvalue weighted by atomic mass is 10.1. The van der Waals surface area contributed by atoms with E-state index in [4.69, 9.17) is 40.0 Å². The highest BCUT2D eigenvalue weighted by atomic mass is 35.5. The number of oxime groups is 1. The van der Waals surface area contributed by atoms with Gasteiger partial charge in [-0.15, -0.1) is 0 Å². The van der Waals surface area contributed by atoms with Crippen LogP contribution in [0.2, 0.25) is 15.1 Å². The minimum absolute atomic E-state index is 0.0635. The Bertz CT molecular complexity index is 904. The lowest BCUT2D eigenvalue weighted by Crippen LogP contribution is -2.29. The third-order valence-corrected chi connectivity index (χ3v) is 5.76. The van der Waals surface area contributed by atoms with Crippen LogP contribution in [0.5, 0.6) is 0 Å². The van der Waals surface area contributed by atoms with Crippen molar-refractivity contribution in [3.8, 4) is 0 Å². The van der Waals surface area contributed by atoms with Crippen LogP contribution in [0, 0.1) is 0 Å². The number of aliphatic hydroxyl groups is 1. The number of benzene rings is 1. The van der Waals surface area contributed by atoms with Crippen molar-refractivity contribution >= 4 is 51.2 Å². The molecule has 1 atom stereocenters. The van der Waals surface area contributed by atoms with Gasteiger partial charge < -0.3 is 10.3 Å². The predicted octanol–water partition coefficient (Wildman–Crippen LogP) is 2.39. The molecule has 1 aromatic carbocycles. The van der Waals surface area contributed by atoms with E-state index < -0.39 is 16.3 Å². The summed E-state index contributed by atoms with van der Waals surface area (Å²) in [7, 11) is -1.33. The minimum atomic E-state index is -3.96. The molecule has 12 heteroatoms. The first-order valence-corrected chi connectivity index (χ1v) is 9.15. The summed E-state index contributed by atoms with van der Waals surface area (Å²) in [6.07, 6.45) is 0.474. The molecule has 0 aliphatic rings. The molecule has 2 N–H and O–H groups in total. The second-order valence-electron chi connectivity index (χ2n) is 5.04. The lowest BCUT2D eigenvalue weighted by molar-refractivity contribution is 0.216. The molecule has 0 fully saturated rings. The number of hydrogen-bond donors (Lipinski definition) is 2. The van der Waals surface area contributed by atoms with Gasteiger partial charge in [-0.25, -0.2) is 8.96 Å².